The molecular formula is C18H18F3N3O3S. The maximum absolute atomic E-state index is 13.4. The molecule has 150 valence electrons. The van der Waals surface area contributed by atoms with Gasteiger partial charge in [-0.05, 0) is 61.4 Å². The fourth-order valence-electron chi connectivity index (χ4n) is 2.84. The molecule has 0 aromatic heterocycles. The lowest BCUT2D eigenvalue weighted by Gasteiger charge is -2.26. The number of anilines is 1. The van der Waals surface area contributed by atoms with Crippen molar-refractivity contribution < 1.29 is 26.7 Å². The maximum atomic E-state index is 13.4. The van der Waals surface area contributed by atoms with E-state index in [0.29, 0.717) is 5.69 Å². The summed E-state index contributed by atoms with van der Waals surface area (Å²) in [5, 5.41) is 15.2. The van der Waals surface area contributed by atoms with Crippen LogP contribution in [0.5, 0.6) is 0 Å². The average Bonchev–Trinajstić information content (AvgIpc) is 2.96. The van der Waals surface area contributed by atoms with E-state index in [1.54, 1.807) is 18.2 Å². The van der Waals surface area contributed by atoms with E-state index in [-0.39, 0.29) is 16.3 Å². The van der Waals surface area contributed by atoms with Gasteiger partial charge < -0.3 is 10.0 Å². The fraction of sp³-hybridized carbons (Fsp3) is 0.278. The van der Waals surface area contributed by atoms with Crippen LogP contribution in [-0.4, -0.2) is 37.8 Å². The number of aliphatic hydroxyl groups is 1. The van der Waals surface area contributed by atoms with Crippen LogP contribution >= 0.6 is 0 Å². The molecule has 0 radical (unpaired) electrons. The quantitative estimate of drug-likeness (QED) is 0.808. The van der Waals surface area contributed by atoms with Crippen molar-refractivity contribution in [3.05, 3.63) is 59.2 Å². The van der Waals surface area contributed by atoms with Crippen LogP contribution in [0.4, 0.5) is 18.9 Å². The van der Waals surface area contributed by atoms with E-state index in [0.717, 1.165) is 11.1 Å². The van der Waals surface area contributed by atoms with E-state index < -0.39 is 28.5 Å². The van der Waals surface area contributed by atoms with Gasteiger partial charge in [-0.1, -0.05) is 6.07 Å². The number of aliphatic imine (C=N–C) groups is 1. The van der Waals surface area contributed by atoms with Crippen LogP contribution in [0.2, 0.25) is 0 Å². The lowest BCUT2D eigenvalue weighted by Crippen LogP contribution is -2.47. The number of amidine groups is 1. The largest absolute Gasteiger partial charge is 0.440 e. The Hall–Kier alpha value is -2.43. The molecule has 1 unspecified atom stereocenters. The van der Waals surface area contributed by atoms with Gasteiger partial charge in [-0.25, -0.2) is 18.5 Å². The zero-order valence-corrected chi connectivity index (χ0v) is 15.8. The number of hydrogen-bond acceptors (Lipinski definition) is 5. The second-order valence-corrected chi connectivity index (χ2v) is 8.24. The van der Waals surface area contributed by atoms with E-state index in [1.165, 1.54) is 29.2 Å². The lowest BCUT2D eigenvalue weighted by molar-refractivity contribution is -0.249. The predicted octanol–water partition coefficient (Wildman–Crippen LogP) is 2.47. The first kappa shape index (κ1) is 20.3. The molecule has 1 atom stereocenters. The van der Waals surface area contributed by atoms with Gasteiger partial charge in [0.1, 0.15) is 5.84 Å². The lowest BCUT2D eigenvalue weighted by atomic mass is 10.1. The number of nitrogens with two attached hydrogens (primary N) is 1. The monoisotopic (exact) mass is 413 g/mol. The third-order valence-electron chi connectivity index (χ3n) is 4.62. The molecule has 10 heteroatoms. The number of sulfonamides is 1. The SMILES string of the molecule is Cc1ccc(N2CC(O)(C(F)(F)F)N=C2c2ccc(S(N)(=O)=O)cc2)cc1C. The molecule has 0 amide bonds. The second kappa shape index (κ2) is 6.57. The Kier molecular flexibility index (Phi) is 4.77. The van der Waals surface area contributed by atoms with Crippen molar-refractivity contribution >= 4 is 21.5 Å². The van der Waals surface area contributed by atoms with Crippen molar-refractivity contribution in [1.82, 2.24) is 0 Å². The van der Waals surface area contributed by atoms with Gasteiger partial charge in [-0.3, -0.25) is 0 Å². The van der Waals surface area contributed by atoms with Crippen LogP contribution in [0, 0.1) is 13.8 Å². The number of halogens is 3. The second-order valence-electron chi connectivity index (χ2n) is 6.67. The van der Waals surface area contributed by atoms with Gasteiger partial charge in [0.25, 0.3) is 5.72 Å². The number of aryl methyl sites for hydroxylation is 2. The first-order chi connectivity index (χ1) is 12.8. The van der Waals surface area contributed by atoms with Crippen molar-refractivity contribution in [3.8, 4) is 0 Å². The molecule has 2 aromatic carbocycles. The van der Waals surface area contributed by atoms with E-state index in [2.05, 4.69) is 4.99 Å². The van der Waals surface area contributed by atoms with Crippen molar-refractivity contribution in [2.24, 2.45) is 10.1 Å². The van der Waals surface area contributed by atoms with Crippen LogP contribution in [0.1, 0.15) is 16.7 Å². The molecule has 1 aliphatic rings. The highest BCUT2D eigenvalue weighted by molar-refractivity contribution is 7.89. The zero-order valence-electron chi connectivity index (χ0n) is 15.0. The molecule has 2 aromatic rings. The molecule has 0 saturated heterocycles. The van der Waals surface area contributed by atoms with Crippen LogP contribution in [0.25, 0.3) is 0 Å². The van der Waals surface area contributed by atoms with Crippen molar-refractivity contribution in [3.63, 3.8) is 0 Å². The number of benzene rings is 2. The summed E-state index contributed by atoms with van der Waals surface area (Å²) in [5.41, 5.74) is -0.808. The highest BCUT2D eigenvalue weighted by atomic mass is 32.2. The van der Waals surface area contributed by atoms with Crippen LogP contribution in [0.3, 0.4) is 0 Å². The summed E-state index contributed by atoms with van der Waals surface area (Å²) < 4.78 is 63.0. The molecular weight excluding hydrogens is 395 g/mol. The van der Waals surface area contributed by atoms with E-state index >= 15 is 0 Å². The number of rotatable bonds is 3. The molecule has 6 nitrogen and oxygen atoms in total. The summed E-state index contributed by atoms with van der Waals surface area (Å²) in [6.45, 7) is 2.88. The summed E-state index contributed by atoms with van der Waals surface area (Å²) in [7, 11) is -3.95. The summed E-state index contributed by atoms with van der Waals surface area (Å²) in [6, 6.07) is 10.1. The molecule has 0 spiro atoms. The van der Waals surface area contributed by atoms with Crippen molar-refractivity contribution in [1.29, 1.82) is 0 Å². The van der Waals surface area contributed by atoms with E-state index in [9.17, 15) is 26.7 Å². The van der Waals surface area contributed by atoms with Crippen LogP contribution < -0.4 is 10.0 Å². The molecule has 0 saturated carbocycles. The molecule has 0 aliphatic carbocycles. The first-order valence-electron chi connectivity index (χ1n) is 8.19. The topological polar surface area (TPSA) is 96.0 Å². The van der Waals surface area contributed by atoms with E-state index in [4.69, 9.17) is 5.14 Å². The van der Waals surface area contributed by atoms with E-state index in [1.807, 2.05) is 13.8 Å². The average molecular weight is 413 g/mol. The molecule has 1 heterocycles. The minimum absolute atomic E-state index is 0.121. The molecule has 3 N–H and O–H groups in total. The van der Waals surface area contributed by atoms with Gasteiger partial charge in [-0.15, -0.1) is 0 Å². The van der Waals surface area contributed by atoms with Gasteiger partial charge >= 0.3 is 6.18 Å². The minimum Gasteiger partial charge on any atom is -0.361 e. The normalized spacial score (nSPS) is 20.4. The fourth-order valence-corrected chi connectivity index (χ4v) is 3.36. The number of nitrogens with zero attached hydrogens (tertiary/aromatic N) is 2. The Morgan fingerprint density at radius 3 is 2.21 bits per heavy atom. The number of primary sulfonamides is 1. The highest BCUT2D eigenvalue weighted by Crippen LogP contribution is 2.39. The van der Waals surface area contributed by atoms with Crippen molar-refractivity contribution in [2.45, 2.75) is 30.6 Å². The number of hydrogen-bond donors (Lipinski definition) is 2. The summed E-state index contributed by atoms with van der Waals surface area (Å²) >= 11 is 0. The van der Waals surface area contributed by atoms with Gasteiger partial charge in [0.2, 0.25) is 10.0 Å². The zero-order chi connectivity index (χ0) is 20.9. The van der Waals surface area contributed by atoms with Crippen molar-refractivity contribution in [2.75, 3.05) is 11.4 Å². The van der Waals surface area contributed by atoms with Gasteiger partial charge in [0, 0.05) is 11.3 Å². The Morgan fingerprint density at radius 1 is 1.11 bits per heavy atom. The smallest absolute Gasteiger partial charge is 0.361 e. The Balaban J connectivity index is 2.11. The Morgan fingerprint density at radius 2 is 1.71 bits per heavy atom. The predicted molar refractivity (Wildman–Crippen MR) is 98.6 cm³/mol. The first-order valence-corrected chi connectivity index (χ1v) is 9.73. The summed E-state index contributed by atoms with van der Waals surface area (Å²) in [4.78, 5) is 4.63. The molecule has 0 fully saturated rings. The maximum Gasteiger partial charge on any atom is 0.440 e. The minimum atomic E-state index is -4.98. The number of alkyl halides is 3. The Bertz CT molecular complexity index is 1050. The summed E-state index contributed by atoms with van der Waals surface area (Å²) in [5.74, 6) is -0.121. The number of β-amino-alcohol motifs (C(OH)–C–C–N with tert-alkyl or cyclic N) is 1. The highest BCUT2D eigenvalue weighted by Gasteiger charge is 2.58. The molecule has 28 heavy (non-hydrogen) atoms. The molecule has 1 aliphatic heterocycles. The van der Waals surface area contributed by atoms with Gasteiger partial charge in [0.15, 0.2) is 0 Å². The standard InChI is InChI=1S/C18H18F3N3O3S/c1-11-3-6-14(9-12(11)2)24-10-17(25,18(19,20)21)23-16(24)13-4-7-15(8-5-13)28(22,26)27/h3-9,25H,10H2,1-2H3,(H2,22,26,27). The third-order valence-corrected chi connectivity index (χ3v) is 5.55. The molecule has 0 bridgehead atoms. The molecule has 3 rings (SSSR count). The van der Waals surface area contributed by atoms with Gasteiger partial charge in [0.05, 0.1) is 11.4 Å². The summed E-state index contributed by atoms with van der Waals surface area (Å²) in [6.07, 6.45) is -4.98. The van der Waals surface area contributed by atoms with Crippen LogP contribution in [-0.2, 0) is 10.0 Å². The Labute approximate surface area is 160 Å². The van der Waals surface area contributed by atoms with Crippen LogP contribution in [0.15, 0.2) is 52.4 Å². The van der Waals surface area contributed by atoms with Gasteiger partial charge in [-0.2, -0.15) is 13.2 Å². The third kappa shape index (κ3) is 3.62.